The molecule has 7 atom stereocenters. The van der Waals surface area contributed by atoms with Crippen molar-refractivity contribution in [3.05, 3.63) is 41.5 Å². The summed E-state index contributed by atoms with van der Waals surface area (Å²) in [5.74, 6) is 2.04. The minimum Gasteiger partial charge on any atom is -0.497 e. The second kappa shape index (κ2) is 8.20. The van der Waals surface area contributed by atoms with Crippen LogP contribution in [0.4, 0.5) is 0 Å². The van der Waals surface area contributed by atoms with Crippen LogP contribution in [0.25, 0.3) is 0 Å². The fourth-order valence-electron chi connectivity index (χ4n) is 8.53. The molecule has 186 valence electrons. The van der Waals surface area contributed by atoms with Gasteiger partial charge in [0.1, 0.15) is 11.5 Å². The highest BCUT2D eigenvalue weighted by atomic mass is 16.6. The Hall–Kier alpha value is -1.65. The fourth-order valence-corrected chi connectivity index (χ4v) is 8.53. The quantitative estimate of drug-likeness (QED) is 0.400. The summed E-state index contributed by atoms with van der Waals surface area (Å²) < 4.78 is 11.4. The molecule has 1 N–H and O–H groups in total. The summed E-state index contributed by atoms with van der Waals surface area (Å²) in [4.78, 5) is 12.7. The third kappa shape index (κ3) is 3.51. The van der Waals surface area contributed by atoms with Crippen LogP contribution < -0.4 is 4.74 Å². The Morgan fingerprint density at radius 3 is 2.41 bits per heavy atom. The number of allylic oxidation sites excluding steroid dienone is 1. The molecule has 4 aliphatic rings. The number of fused-ring (bicyclic) bond motifs is 5. The molecule has 4 heteroatoms. The molecule has 1 aromatic carbocycles. The van der Waals surface area contributed by atoms with E-state index >= 15 is 0 Å². The molecule has 0 aliphatic heterocycles. The highest BCUT2D eigenvalue weighted by molar-refractivity contribution is 5.83. The van der Waals surface area contributed by atoms with Crippen LogP contribution in [0.1, 0.15) is 84.6 Å². The summed E-state index contributed by atoms with van der Waals surface area (Å²) in [5, 5.41) is 11.4. The third-order valence-electron chi connectivity index (χ3n) is 11.2. The standard InChI is InChI=1S/C30H42O4/c1-20(31)28(3)14-13-26-24-11-8-22-18-30(32,34-19-21-6-9-23(33-5)10-7-21)17-16-27(22,2)25(24)12-15-29(26,28)4/h6-10,24-26,32H,11-19H2,1-5H3/t24?,25?,26?,27-,28+,29-,30-/m0/s1. The number of methoxy groups -OCH3 is 1. The van der Waals surface area contributed by atoms with Crippen LogP contribution in [-0.4, -0.2) is 23.8 Å². The highest BCUT2D eigenvalue weighted by Crippen LogP contribution is 2.70. The average molecular weight is 467 g/mol. The normalized spacial score (nSPS) is 43.4. The van der Waals surface area contributed by atoms with Gasteiger partial charge in [-0.05, 0) is 91.7 Å². The van der Waals surface area contributed by atoms with Gasteiger partial charge < -0.3 is 14.6 Å². The van der Waals surface area contributed by atoms with Gasteiger partial charge >= 0.3 is 0 Å². The van der Waals surface area contributed by atoms with Crippen LogP contribution in [0, 0.1) is 34.0 Å². The fraction of sp³-hybridized carbons (Fsp3) is 0.700. The topological polar surface area (TPSA) is 55.8 Å². The predicted octanol–water partition coefficient (Wildman–Crippen LogP) is 6.46. The molecular weight excluding hydrogens is 424 g/mol. The number of carbonyl (C=O) groups excluding carboxylic acids is 1. The van der Waals surface area contributed by atoms with E-state index in [1.807, 2.05) is 31.2 Å². The van der Waals surface area contributed by atoms with Crippen LogP contribution in [-0.2, 0) is 16.1 Å². The number of ether oxygens (including phenoxy) is 2. The first-order chi connectivity index (χ1) is 16.0. The van der Waals surface area contributed by atoms with Gasteiger partial charge in [-0.1, -0.05) is 44.6 Å². The van der Waals surface area contributed by atoms with Crippen LogP contribution in [0.2, 0.25) is 0 Å². The van der Waals surface area contributed by atoms with Crippen molar-refractivity contribution in [2.24, 2.45) is 34.0 Å². The molecule has 3 saturated carbocycles. The number of hydrogen-bond acceptors (Lipinski definition) is 4. The molecule has 3 unspecified atom stereocenters. The van der Waals surface area contributed by atoms with Gasteiger partial charge in [-0.2, -0.15) is 0 Å². The Labute approximate surface area is 205 Å². The number of ketones is 1. The molecule has 3 fully saturated rings. The highest BCUT2D eigenvalue weighted by Gasteiger charge is 2.64. The molecule has 0 saturated heterocycles. The van der Waals surface area contributed by atoms with Crippen LogP contribution in [0.15, 0.2) is 35.9 Å². The van der Waals surface area contributed by atoms with Crippen molar-refractivity contribution in [3.63, 3.8) is 0 Å². The lowest BCUT2D eigenvalue weighted by Crippen LogP contribution is -2.54. The van der Waals surface area contributed by atoms with Gasteiger partial charge in [0.2, 0.25) is 0 Å². The minimum atomic E-state index is -1.10. The van der Waals surface area contributed by atoms with Crippen LogP contribution >= 0.6 is 0 Å². The van der Waals surface area contributed by atoms with E-state index in [2.05, 4.69) is 26.8 Å². The molecule has 5 rings (SSSR count). The number of carbonyl (C=O) groups is 1. The Morgan fingerprint density at radius 1 is 1.03 bits per heavy atom. The Balaban J connectivity index is 1.32. The number of Topliss-reactive ketones (excluding diaryl/α,β-unsaturated/α-hetero) is 1. The van der Waals surface area contributed by atoms with Crippen molar-refractivity contribution in [1.29, 1.82) is 0 Å². The van der Waals surface area contributed by atoms with Gasteiger partial charge in [-0.25, -0.2) is 0 Å². The maximum Gasteiger partial charge on any atom is 0.169 e. The largest absolute Gasteiger partial charge is 0.497 e. The van der Waals surface area contributed by atoms with Crippen molar-refractivity contribution in [2.45, 2.75) is 91.5 Å². The average Bonchev–Trinajstić information content (AvgIpc) is 3.11. The monoisotopic (exact) mass is 466 g/mol. The lowest BCUT2D eigenvalue weighted by molar-refractivity contribution is -0.231. The molecule has 0 amide bonds. The summed E-state index contributed by atoms with van der Waals surface area (Å²) in [6.45, 7) is 9.31. The van der Waals surface area contributed by atoms with Crippen molar-refractivity contribution >= 4 is 5.78 Å². The molecule has 0 radical (unpaired) electrons. The van der Waals surface area contributed by atoms with E-state index in [1.54, 1.807) is 7.11 Å². The molecule has 0 spiro atoms. The van der Waals surface area contributed by atoms with E-state index < -0.39 is 5.79 Å². The van der Waals surface area contributed by atoms with Crippen molar-refractivity contribution in [2.75, 3.05) is 7.11 Å². The summed E-state index contributed by atoms with van der Waals surface area (Å²) in [7, 11) is 1.66. The second-order valence-electron chi connectivity index (χ2n) is 12.4. The van der Waals surface area contributed by atoms with Crippen LogP contribution in [0.5, 0.6) is 5.75 Å². The van der Waals surface area contributed by atoms with E-state index in [0.717, 1.165) is 37.0 Å². The maximum atomic E-state index is 12.7. The van der Waals surface area contributed by atoms with E-state index in [4.69, 9.17) is 9.47 Å². The van der Waals surface area contributed by atoms with Crippen LogP contribution in [0.3, 0.4) is 0 Å². The van der Waals surface area contributed by atoms with Crippen molar-refractivity contribution < 1.29 is 19.4 Å². The zero-order chi connectivity index (χ0) is 24.4. The molecular formula is C30H42O4. The Kier molecular flexibility index (Phi) is 5.80. The smallest absolute Gasteiger partial charge is 0.169 e. The molecule has 0 aromatic heterocycles. The molecule has 4 aliphatic carbocycles. The van der Waals surface area contributed by atoms with Gasteiger partial charge in [0, 0.05) is 18.3 Å². The zero-order valence-corrected chi connectivity index (χ0v) is 21.7. The van der Waals surface area contributed by atoms with E-state index in [9.17, 15) is 9.90 Å². The Bertz CT molecular complexity index is 982. The van der Waals surface area contributed by atoms with E-state index in [-0.39, 0.29) is 16.2 Å². The summed E-state index contributed by atoms with van der Waals surface area (Å²) in [6.07, 6.45) is 10.3. The molecule has 4 nitrogen and oxygen atoms in total. The first-order valence-corrected chi connectivity index (χ1v) is 13.2. The first-order valence-electron chi connectivity index (χ1n) is 13.2. The van der Waals surface area contributed by atoms with Gasteiger partial charge in [0.25, 0.3) is 0 Å². The summed E-state index contributed by atoms with van der Waals surface area (Å²) in [6, 6.07) is 7.85. The predicted molar refractivity (Wildman–Crippen MR) is 133 cm³/mol. The van der Waals surface area contributed by atoms with E-state index in [1.165, 1.54) is 18.4 Å². The van der Waals surface area contributed by atoms with Gasteiger partial charge in [0.15, 0.2) is 5.79 Å². The third-order valence-corrected chi connectivity index (χ3v) is 11.2. The second-order valence-corrected chi connectivity index (χ2v) is 12.4. The van der Waals surface area contributed by atoms with Crippen molar-refractivity contribution in [3.8, 4) is 5.75 Å². The molecule has 1 aromatic rings. The zero-order valence-electron chi connectivity index (χ0n) is 21.7. The summed E-state index contributed by atoms with van der Waals surface area (Å²) >= 11 is 0. The molecule has 0 heterocycles. The number of aliphatic hydroxyl groups is 1. The van der Waals surface area contributed by atoms with Gasteiger partial charge in [-0.3, -0.25) is 4.79 Å². The van der Waals surface area contributed by atoms with Gasteiger partial charge in [0.05, 0.1) is 13.7 Å². The number of benzene rings is 1. The van der Waals surface area contributed by atoms with Crippen molar-refractivity contribution in [1.82, 2.24) is 0 Å². The first kappa shape index (κ1) is 24.1. The van der Waals surface area contributed by atoms with E-state index in [0.29, 0.717) is 43.0 Å². The molecule has 34 heavy (non-hydrogen) atoms. The maximum absolute atomic E-state index is 12.7. The number of rotatable bonds is 5. The lowest BCUT2D eigenvalue weighted by Gasteiger charge is -2.60. The number of hydrogen-bond donors (Lipinski definition) is 1. The Morgan fingerprint density at radius 2 is 1.74 bits per heavy atom. The van der Waals surface area contributed by atoms with Gasteiger partial charge in [-0.15, -0.1) is 0 Å². The SMILES string of the molecule is COc1ccc(CO[C@@]2(O)CC[C@@]3(C)C(=CCC4C3CC[C@@]3(C)C4CC[C@]3(C)C(C)=O)C2)cc1. The summed E-state index contributed by atoms with van der Waals surface area (Å²) in [5.41, 5.74) is 2.53. The minimum absolute atomic E-state index is 0.124. The lowest BCUT2D eigenvalue weighted by atomic mass is 9.45. The molecule has 0 bridgehead atoms.